The van der Waals surface area contributed by atoms with E-state index < -0.39 is 0 Å². The number of piperazine rings is 1. The van der Waals surface area contributed by atoms with Gasteiger partial charge in [0.05, 0.1) is 5.39 Å². The van der Waals surface area contributed by atoms with E-state index in [-0.39, 0.29) is 0 Å². The number of aromatic nitrogens is 2. The second-order valence-electron chi connectivity index (χ2n) is 6.46. The molecule has 0 unspecified atom stereocenters. The highest BCUT2D eigenvalue weighted by atomic mass is 32.1. The molecule has 0 atom stereocenters. The number of hydrogen-bond acceptors (Lipinski definition) is 6. The molecule has 124 valence electrons. The number of nitrogens with zero attached hydrogens (tertiary/aromatic N) is 4. The molecule has 0 spiro atoms. The number of aryl methyl sites for hydroxylation is 2. The molecule has 0 radical (unpaired) electrons. The van der Waals surface area contributed by atoms with Crippen LogP contribution >= 0.6 is 11.3 Å². The number of nitrogens with one attached hydrogen (secondary N) is 1. The van der Waals surface area contributed by atoms with Gasteiger partial charge < -0.3 is 10.2 Å². The van der Waals surface area contributed by atoms with Crippen molar-refractivity contribution in [3.05, 3.63) is 16.8 Å². The molecule has 0 bridgehead atoms. The largest absolute Gasteiger partial charge is 0.368 e. The van der Waals surface area contributed by atoms with Crippen molar-refractivity contribution in [1.82, 2.24) is 19.8 Å². The Bertz CT molecular complexity index is 675. The van der Waals surface area contributed by atoms with Crippen LogP contribution in [0.15, 0.2) is 6.33 Å². The molecular formula is C17H25N5S. The molecule has 4 rings (SSSR count). The van der Waals surface area contributed by atoms with E-state index in [9.17, 15) is 0 Å². The van der Waals surface area contributed by atoms with Gasteiger partial charge in [0, 0.05) is 44.1 Å². The first-order valence-electron chi connectivity index (χ1n) is 8.79. The van der Waals surface area contributed by atoms with E-state index >= 15 is 0 Å². The molecule has 1 N–H and O–H groups in total. The molecule has 0 saturated carbocycles. The van der Waals surface area contributed by atoms with E-state index in [2.05, 4.69) is 32.0 Å². The Morgan fingerprint density at radius 3 is 2.78 bits per heavy atom. The zero-order valence-electron chi connectivity index (χ0n) is 13.8. The van der Waals surface area contributed by atoms with E-state index in [1.165, 1.54) is 67.8 Å². The van der Waals surface area contributed by atoms with Gasteiger partial charge in [0.15, 0.2) is 0 Å². The van der Waals surface area contributed by atoms with Gasteiger partial charge in [-0.1, -0.05) is 6.92 Å². The molecule has 1 saturated heterocycles. The number of anilines is 1. The van der Waals surface area contributed by atoms with Crippen LogP contribution in [0.5, 0.6) is 0 Å². The molecule has 2 aromatic heterocycles. The molecule has 2 aromatic rings. The van der Waals surface area contributed by atoms with Crippen molar-refractivity contribution in [2.75, 3.05) is 51.1 Å². The van der Waals surface area contributed by atoms with Gasteiger partial charge in [0.25, 0.3) is 0 Å². The molecule has 3 heterocycles. The third kappa shape index (κ3) is 3.07. The van der Waals surface area contributed by atoms with Gasteiger partial charge in [0.2, 0.25) is 0 Å². The second kappa shape index (κ2) is 6.71. The highest BCUT2D eigenvalue weighted by Crippen LogP contribution is 2.38. The quantitative estimate of drug-likeness (QED) is 0.910. The Morgan fingerprint density at radius 2 is 1.96 bits per heavy atom. The zero-order chi connectivity index (χ0) is 15.6. The van der Waals surface area contributed by atoms with Gasteiger partial charge in [-0.05, 0) is 31.4 Å². The van der Waals surface area contributed by atoms with E-state index in [0.717, 1.165) is 23.7 Å². The van der Waals surface area contributed by atoms with Crippen LogP contribution in [0.2, 0.25) is 0 Å². The third-order valence-corrected chi connectivity index (χ3v) is 6.33. The monoisotopic (exact) mass is 331 g/mol. The summed E-state index contributed by atoms with van der Waals surface area (Å²) in [6.45, 7) is 10.2. The van der Waals surface area contributed by atoms with Crippen molar-refractivity contribution >= 4 is 27.4 Å². The van der Waals surface area contributed by atoms with Crippen LogP contribution in [0, 0.1) is 0 Å². The Morgan fingerprint density at radius 1 is 1.13 bits per heavy atom. The molecule has 6 heteroatoms. The minimum absolute atomic E-state index is 0.961. The predicted molar refractivity (Wildman–Crippen MR) is 96.5 cm³/mol. The molecule has 0 aromatic carbocycles. The fourth-order valence-electron chi connectivity index (χ4n) is 3.72. The fraction of sp³-hybridized carbons (Fsp3) is 0.647. The Kier molecular flexibility index (Phi) is 4.46. The standard InChI is InChI=1S/C17H25N5S/c1-2-21-8-10-22(11-9-21)7-6-18-16-15-13-4-3-5-14(13)23-17(15)20-12-19-16/h12H,2-11H2,1H3,(H,18,19,20). The summed E-state index contributed by atoms with van der Waals surface area (Å²) in [6.07, 6.45) is 5.40. The molecule has 0 amide bonds. The van der Waals surface area contributed by atoms with Gasteiger partial charge in [0.1, 0.15) is 17.0 Å². The molecule has 1 fully saturated rings. The molecule has 1 aliphatic carbocycles. The number of fused-ring (bicyclic) bond motifs is 3. The maximum Gasteiger partial charge on any atom is 0.138 e. The topological polar surface area (TPSA) is 44.3 Å². The SMILES string of the molecule is CCN1CCN(CCNc2ncnc3sc4c(c23)CCC4)CC1. The third-order valence-electron chi connectivity index (χ3n) is 5.13. The van der Waals surface area contributed by atoms with Crippen LogP contribution < -0.4 is 5.32 Å². The van der Waals surface area contributed by atoms with Gasteiger partial charge in [-0.15, -0.1) is 11.3 Å². The zero-order valence-corrected chi connectivity index (χ0v) is 14.7. The van der Waals surface area contributed by atoms with E-state index in [1.54, 1.807) is 6.33 Å². The fourth-order valence-corrected chi connectivity index (χ4v) is 4.95. The van der Waals surface area contributed by atoms with Crippen molar-refractivity contribution in [3.63, 3.8) is 0 Å². The number of likely N-dealkylation sites (N-methyl/N-ethyl adjacent to an activating group) is 1. The highest BCUT2D eigenvalue weighted by molar-refractivity contribution is 7.19. The minimum atomic E-state index is 0.961. The lowest BCUT2D eigenvalue weighted by molar-refractivity contribution is 0.141. The number of rotatable bonds is 5. The summed E-state index contributed by atoms with van der Waals surface area (Å²) < 4.78 is 0. The first kappa shape index (κ1) is 15.3. The second-order valence-corrected chi connectivity index (χ2v) is 7.55. The maximum absolute atomic E-state index is 4.52. The van der Waals surface area contributed by atoms with Gasteiger partial charge in [-0.3, -0.25) is 4.90 Å². The average Bonchev–Trinajstić information content (AvgIpc) is 3.16. The lowest BCUT2D eigenvalue weighted by atomic mass is 10.2. The maximum atomic E-state index is 4.52. The lowest BCUT2D eigenvalue weighted by Gasteiger charge is -2.34. The van der Waals surface area contributed by atoms with Crippen molar-refractivity contribution in [2.45, 2.75) is 26.2 Å². The Labute approximate surface area is 141 Å². The van der Waals surface area contributed by atoms with Crippen LogP contribution in [0.25, 0.3) is 10.2 Å². The van der Waals surface area contributed by atoms with Gasteiger partial charge in [-0.2, -0.15) is 0 Å². The first-order valence-corrected chi connectivity index (χ1v) is 9.60. The van der Waals surface area contributed by atoms with Crippen molar-refractivity contribution in [1.29, 1.82) is 0 Å². The Hall–Kier alpha value is -1.24. The average molecular weight is 331 g/mol. The minimum Gasteiger partial charge on any atom is -0.368 e. The molecule has 23 heavy (non-hydrogen) atoms. The van der Waals surface area contributed by atoms with E-state index in [4.69, 9.17) is 0 Å². The van der Waals surface area contributed by atoms with Crippen molar-refractivity contribution in [3.8, 4) is 0 Å². The van der Waals surface area contributed by atoms with Gasteiger partial charge in [-0.25, -0.2) is 9.97 Å². The van der Waals surface area contributed by atoms with Crippen LogP contribution in [0.4, 0.5) is 5.82 Å². The molecule has 5 nitrogen and oxygen atoms in total. The Balaban J connectivity index is 1.39. The van der Waals surface area contributed by atoms with Crippen molar-refractivity contribution in [2.24, 2.45) is 0 Å². The summed E-state index contributed by atoms with van der Waals surface area (Å²) in [5.74, 6) is 1.04. The number of hydrogen-bond donors (Lipinski definition) is 1. The number of thiophene rings is 1. The summed E-state index contributed by atoms with van der Waals surface area (Å²) in [6, 6.07) is 0. The molecule has 1 aliphatic heterocycles. The summed E-state index contributed by atoms with van der Waals surface area (Å²) >= 11 is 1.86. The van der Waals surface area contributed by atoms with Gasteiger partial charge >= 0.3 is 0 Å². The highest BCUT2D eigenvalue weighted by Gasteiger charge is 2.21. The van der Waals surface area contributed by atoms with E-state index in [0.29, 0.717) is 0 Å². The summed E-state index contributed by atoms with van der Waals surface area (Å²) in [5.41, 5.74) is 1.50. The first-order chi connectivity index (χ1) is 11.3. The predicted octanol–water partition coefficient (Wildman–Crippen LogP) is 2.23. The smallest absolute Gasteiger partial charge is 0.138 e. The molecule has 2 aliphatic rings. The van der Waals surface area contributed by atoms with E-state index in [1.807, 2.05) is 11.3 Å². The van der Waals surface area contributed by atoms with Crippen LogP contribution in [-0.2, 0) is 12.8 Å². The summed E-state index contributed by atoms with van der Waals surface area (Å²) in [5, 5.41) is 4.87. The van der Waals surface area contributed by atoms with Crippen LogP contribution in [0.3, 0.4) is 0 Å². The summed E-state index contributed by atoms with van der Waals surface area (Å²) in [7, 11) is 0. The lowest BCUT2D eigenvalue weighted by Crippen LogP contribution is -2.47. The molecular weight excluding hydrogens is 306 g/mol. The van der Waals surface area contributed by atoms with Crippen molar-refractivity contribution < 1.29 is 0 Å². The normalized spacial score (nSPS) is 19.3. The van der Waals surface area contributed by atoms with Crippen LogP contribution in [-0.4, -0.2) is 65.6 Å². The van der Waals surface area contributed by atoms with Crippen LogP contribution in [0.1, 0.15) is 23.8 Å². The summed E-state index contributed by atoms with van der Waals surface area (Å²) in [4.78, 5) is 16.7.